The highest BCUT2D eigenvalue weighted by Crippen LogP contribution is 2.41. The quantitative estimate of drug-likeness (QED) is 0.675. The number of carbonyl (C=O) groups is 1. The summed E-state index contributed by atoms with van der Waals surface area (Å²) in [5.41, 5.74) is 2.70. The minimum Gasteiger partial charge on any atom is -0.497 e. The SMILES string of the molecule is COc1ccc(C2(CN3CCC(NC(=O)CCn4ccc(C)n4)CC3)CCCCC2)cc1. The third kappa shape index (κ3) is 5.71. The lowest BCUT2D eigenvalue weighted by molar-refractivity contribution is -0.122. The van der Waals surface area contributed by atoms with Crippen LogP contribution in [0, 0.1) is 6.92 Å². The zero-order chi connectivity index (χ0) is 22.4. The Morgan fingerprint density at radius 3 is 2.47 bits per heavy atom. The van der Waals surface area contributed by atoms with E-state index in [2.05, 4.69) is 39.6 Å². The number of aromatic nitrogens is 2. The molecule has 2 heterocycles. The van der Waals surface area contributed by atoms with Crippen molar-refractivity contribution in [3.63, 3.8) is 0 Å². The van der Waals surface area contributed by atoms with Gasteiger partial charge in [-0.2, -0.15) is 5.10 Å². The second-order valence-electron chi connectivity index (χ2n) is 9.66. The molecule has 1 aliphatic carbocycles. The molecule has 6 heteroatoms. The Kier molecular flexibility index (Phi) is 7.51. The van der Waals surface area contributed by atoms with Gasteiger partial charge in [-0.3, -0.25) is 9.48 Å². The second-order valence-corrected chi connectivity index (χ2v) is 9.66. The van der Waals surface area contributed by atoms with Gasteiger partial charge in [0, 0.05) is 50.3 Å². The fourth-order valence-electron chi connectivity index (χ4n) is 5.48. The molecule has 174 valence electrons. The Labute approximate surface area is 192 Å². The molecule has 0 bridgehead atoms. The molecule has 2 aromatic rings. The molecule has 0 atom stereocenters. The van der Waals surface area contributed by atoms with Gasteiger partial charge in [0.1, 0.15) is 5.75 Å². The van der Waals surface area contributed by atoms with E-state index in [0.717, 1.165) is 43.9 Å². The maximum Gasteiger partial charge on any atom is 0.222 e. The van der Waals surface area contributed by atoms with Gasteiger partial charge in [0.25, 0.3) is 0 Å². The van der Waals surface area contributed by atoms with Gasteiger partial charge in [-0.1, -0.05) is 31.4 Å². The molecule has 2 aliphatic rings. The number of nitrogens with one attached hydrogen (secondary N) is 1. The van der Waals surface area contributed by atoms with E-state index in [1.165, 1.54) is 37.7 Å². The molecule has 1 saturated carbocycles. The van der Waals surface area contributed by atoms with Gasteiger partial charge in [-0.25, -0.2) is 0 Å². The number of rotatable bonds is 8. The van der Waals surface area contributed by atoms with Gasteiger partial charge < -0.3 is 15.0 Å². The first-order chi connectivity index (χ1) is 15.6. The summed E-state index contributed by atoms with van der Waals surface area (Å²) < 4.78 is 7.22. The fourth-order valence-corrected chi connectivity index (χ4v) is 5.48. The lowest BCUT2D eigenvalue weighted by Crippen LogP contribution is -2.49. The zero-order valence-corrected chi connectivity index (χ0v) is 19.7. The van der Waals surface area contributed by atoms with Crippen molar-refractivity contribution in [1.82, 2.24) is 20.0 Å². The van der Waals surface area contributed by atoms with E-state index in [-0.39, 0.29) is 11.3 Å². The Balaban J connectivity index is 1.28. The maximum atomic E-state index is 12.4. The molecular weight excluding hydrogens is 400 g/mol. The molecule has 0 radical (unpaired) electrons. The molecule has 1 saturated heterocycles. The number of aryl methyl sites for hydroxylation is 2. The van der Waals surface area contributed by atoms with Crippen LogP contribution in [-0.2, 0) is 16.8 Å². The predicted molar refractivity (Wildman–Crippen MR) is 127 cm³/mol. The van der Waals surface area contributed by atoms with Gasteiger partial charge in [0.15, 0.2) is 0 Å². The fraction of sp³-hybridized carbons (Fsp3) is 0.615. The van der Waals surface area contributed by atoms with E-state index in [4.69, 9.17) is 4.74 Å². The number of amides is 1. The number of carbonyl (C=O) groups excluding carboxylic acids is 1. The van der Waals surface area contributed by atoms with Crippen LogP contribution in [0.25, 0.3) is 0 Å². The summed E-state index contributed by atoms with van der Waals surface area (Å²) in [6.07, 6.45) is 11.0. The molecule has 0 unspecified atom stereocenters. The molecule has 2 fully saturated rings. The van der Waals surface area contributed by atoms with Crippen LogP contribution in [-0.4, -0.2) is 53.4 Å². The Morgan fingerprint density at radius 2 is 1.84 bits per heavy atom. The normalized spacial score (nSPS) is 19.6. The van der Waals surface area contributed by atoms with Crippen LogP contribution >= 0.6 is 0 Å². The first kappa shape index (κ1) is 22.8. The summed E-state index contributed by atoms with van der Waals surface area (Å²) in [7, 11) is 1.73. The molecule has 1 aromatic heterocycles. The van der Waals surface area contributed by atoms with Crippen LogP contribution in [0.15, 0.2) is 36.5 Å². The highest BCUT2D eigenvalue weighted by Gasteiger charge is 2.36. The van der Waals surface area contributed by atoms with Gasteiger partial charge in [-0.05, 0) is 56.4 Å². The van der Waals surface area contributed by atoms with E-state index in [0.29, 0.717) is 19.0 Å². The van der Waals surface area contributed by atoms with Crippen LogP contribution in [0.4, 0.5) is 0 Å². The van der Waals surface area contributed by atoms with Crippen molar-refractivity contribution in [2.75, 3.05) is 26.7 Å². The van der Waals surface area contributed by atoms with Crippen LogP contribution < -0.4 is 10.1 Å². The minimum absolute atomic E-state index is 0.138. The van der Waals surface area contributed by atoms with Crippen LogP contribution in [0.2, 0.25) is 0 Å². The molecule has 0 spiro atoms. The van der Waals surface area contributed by atoms with Crippen molar-refractivity contribution in [2.24, 2.45) is 0 Å². The average Bonchev–Trinajstić information content (AvgIpc) is 3.25. The zero-order valence-electron chi connectivity index (χ0n) is 19.7. The Bertz CT molecular complexity index is 862. The molecule has 1 amide bonds. The molecule has 1 aliphatic heterocycles. The van der Waals surface area contributed by atoms with Crippen molar-refractivity contribution >= 4 is 5.91 Å². The van der Waals surface area contributed by atoms with Gasteiger partial charge >= 0.3 is 0 Å². The van der Waals surface area contributed by atoms with Crippen molar-refractivity contribution in [1.29, 1.82) is 0 Å². The lowest BCUT2D eigenvalue weighted by Gasteiger charge is -2.44. The predicted octanol–water partition coefficient (Wildman–Crippen LogP) is 4.07. The summed E-state index contributed by atoms with van der Waals surface area (Å²) in [5, 5.41) is 7.61. The Morgan fingerprint density at radius 1 is 1.12 bits per heavy atom. The molecule has 32 heavy (non-hydrogen) atoms. The molecule has 6 nitrogen and oxygen atoms in total. The third-order valence-electron chi connectivity index (χ3n) is 7.33. The highest BCUT2D eigenvalue weighted by molar-refractivity contribution is 5.76. The van der Waals surface area contributed by atoms with E-state index in [9.17, 15) is 4.79 Å². The van der Waals surface area contributed by atoms with Crippen LogP contribution in [0.5, 0.6) is 5.75 Å². The third-order valence-corrected chi connectivity index (χ3v) is 7.33. The monoisotopic (exact) mass is 438 g/mol. The average molecular weight is 439 g/mol. The smallest absolute Gasteiger partial charge is 0.222 e. The maximum absolute atomic E-state index is 12.4. The second kappa shape index (κ2) is 10.5. The molecule has 1 N–H and O–H groups in total. The van der Waals surface area contributed by atoms with Crippen molar-refractivity contribution in [2.45, 2.75) is 76.3 Å². The van der Waals surface area contributed by atoms with E-state index >= 15 is 0 Å². The summed E-state index contributed by atoms with van der Waals surface area (Å²) in [6.45, 7) is 5.85. The van der Waals surface area contributed by atoms with Gasteiger partial charge in [0.2, 0.25) is 5.91 Å². The number of nitrogens with zero attached hydrogens (tertiary/aromatic N) is 3. The number of ether oxygens (including phenoxy) is 1. The van der Waals surface area contributed by atoms with E-state index < -0.39 is 0 Å². The number of hydrogen-bond donors (Lipinski definition) is 1. The number of methoxy groups -OCH3 is 1. The first-order valence-electron chi connectivity index (χ1n) is 12.2. The standard InChI is InChI=1S/C26H38N4O2/c1-21-10-18-30(28-21)19-13-25(31)27-23-11-16-29(17-12-23)20-26(14-4-3-5-15-26)22-6-8-24(32-2)9-7-22/h6-10,18,23H,3-5,11-17,19-20H2,1-2H3,(H,27,31). The van der Waals surface area contributed by atoms with Crippen LogP contribution in [0.3, 0.4) is 0 Å². The molecular formula is C26H38N4O2. The summed E-state index contributed by atoms with van der Waals surface area (Å²) in [5.74, 6) is 1.07. The van der Waals surface area contributed by atoms with Crippen LogP contribution in [0.1, 0.15) is 62.6 Å². The lowest BCUT2D eigenvalue weighted by atomic mass is 9.69. The number of benzene rings is 1. The number of likely N-dealkylation sites (tertiary alicyclic amines) is 1. The topological polar surface area (TPSA) is 59.4 Å². The largest absolute Gasteiger partial charge is 0.497 e. The number of piperidine rings is 1. The number of hydrogen-bond acceptors (Lipinski definition) is 4. The van der Waals surface area contributed by atoms with E-state index in [1.54, 1.807) is 7.11 Å². The van der Waals surface area contributed by atoms with Crippen molar-refractivity contribution in [3.05, 3.63) is 47.8 Å². The van der Waals surface area contributed by atoms with E-state index in [1.807, 2.05) is 23.9 Å². The Hall–Kier alpha value is -2.34. The summed E-state index contributed by atoms with van der Waals surface area (Å²) in [4.78, 5) is 15.0. The summed E-state index contributed by atoms with van der Waals surface area (Å²) >= 11 is 0. The highest BCUT2D eigenvalue weighted by atomic mass is 16.5. The van der Waals surface area contributed by atoms with Gasteiger partial charge in [0.05, 0.1) is 12.8 Å². The van der Waals surface area contributed by atoms with Crippen molar-refractivity contribution in [3.8, 4) is 5.75 Å². The minimum atomic E-state index is 0.138. The molecule has 4 rings (SSSR count). The molecule has 1 aromatic carbocycles. The van der Waals surface area contributed by atoms with Crippen molar-refractivity contribution < 1.29 is 9.53 Å². The summed E-state index contributed by atoms with van der Waals surface area (Å²) in [6, 6.07) is 11.0. The van der Waals surface area contributed by atoms with Gasteiger partial charge in [-0.15, -0.1) is 0 Å². The first-order valence-corrected chi connectivity index (χ1v) is 12.2.